The fourth-order valence-corrected chi connectivity index (χ4v) is 3.00. The van der Waals surface area contributed by atoms with Crippen LogP contribution in [0.1, 0.15) is 0 Å². The maximum absolute atomic E-state index is 12.4. The van der Waals surface area contributed by atoms with E-state index in [1.54, 1.807) is 23.5 Å². The summed E-state index contributed by atoms with van der Waals surface area (Å²) < 4.78 is 37.1. The molecular weight excluding hydrogens is 385 g/mol. The van der Waals surface area contributed by atoms with Gasteiger partial charge in [-0.1, -0.05) is 18.2 Å². The van der Waals surface area contributed by atoms with Gasteiger partial charge in [0.25, 0.3) is 5.56 Å². The highest BCUT2D eigenvalue weighted by Crippen LogP contribution is 2.30. The minimum absolute atomic E-state index is 0.0206. The van der Waals surface area contributed by atoms with Gasteiger partial charge < -0.3 is 15.6 Å². The van der Waals surface area contributed by atoms with Crippen molar-refractivity contribution in [2.45, 2.75) is 6.18 Å². The van der Waals surface area contributed by atoms with E-state index in [1.807, 2.05) is 12.1 Å². The summed E-state index contributed by atoms with van der Waals surface area (Å²) >= 11 is 0. The molecule has 4 aromatic rings. The van der Waals surface area contributed by atoms with Gasteiger partial charge in [0.1, 0.15) is 5.65 Å². The second-order valence-electron chi connectivity index (χ2n) is 6.24. The van der Waals surface area contributed by atoms with Crippen LogP contribution in [0.15, 0.2) is 65.6 Å². The standard InChI is InChI=1S/C20H13F3N4O2/c21-20(22,23)19(29)26-12-7-5-11(6-8-12)25-15-9-10-24-17-16(15)13-3-1-2-4-14(13)18(28)27-17/h1-10H,(H,26,29)(H2,24,25,27,28). The number of hydrogen-bond donors (Lipinski definition) is 3. The Morgan fingerprint density at radius 1 is 0.931 bits per heavy atom. The largest absolute Gasteiger partial charge is 0.471 e. The van der Waals surface area contributed by atoms with E-state index in [-0.39, 0.29) is 11.2 Å². The number of aromatic amines is 1. The zero-order valence-electron chi connectivity index (χ0n) is 14.7. The van der Waals surface area contributed by atoms with E-state index in [0.717, 1.165) is 5.39 Å². The van der Waals surface area contributed by atoms with E-state index in [1.165, 1.54) is 30.5 Å². The summed E-state index contributed by atoms with van der Waals surface area (Å²) in [6, 6.07) is 14.6. The second-order valence-corrected chi connectivity index (χ2v) is 6.24. The summed E-state index contributed by atoms with van der Waals surface area (Å²) in [5.41, 5.74) is 1.43. The maximum Gasteiger partial charge on any atom is 0.471 e. The van der Waals surface area contributed by atoms with Crippen molar-refractivity contribution in [2.75, 3.05) is 10.6 Å². The van der Waals surface area contributed by atoms with Crippen LogP contribution in [-0.2, 0) is 4.79 Å². The molecule has 9 heteroatoms. The Bertz CT molecular complexity index is 1280. The third-order valence-corrected chi connectivity index (χ3v) is 4.30. The highest BCUT2D eigenvalue weighted by atomic mass is 19.4. The van der Waals surface area contributed by atoms with Gasteiger partial charge in [-0.15, -0.1) is 0 Å². The molecule has 1 amide bonds. The predicted octanol–water partition coefficient (Wildman–Crippen LogP) is 4.32. The summed E-state index contributed by atoms with van der Waals surface area (Å²) in [6.45, 7) is 0. The molecule has 2 heterocycles. The lowest BCUT2D eigenvalue weighted by molar-refractivity contribution is -0.167. The lowest BCUT2D eigenvalue weighted by atomic mass is 10.1. The molecule has 2 aromatic carbocycles. The summed E-state index contributed by atoms with van der Waals surface area (Å²) in [7, 11) is 0. The lowest BCUT2D eigenvalue weighted by Crippen LogP contribution is -2.29. The molecule has 0 unspecified atom stereocenters. The van der Waals surface area contributed by atoms with Crippen molar-refractivity contribution in [1.82, 2.24) is 9.97 Å². The SMILES string of the molecule is O=C(Nc1ccc(Nc2ccnc3[nH]c(=O)c4ccccc4c23)cc1)C(F)(F)F. The molecule has 0 saturated carbocycles. The van der Waals surface area contributed by atoms with E-state index in [4.69, 9.17) is 0 Å². The van der Waals surface area contributed by atoms with Crippen LogP contribution in [0.5, 0.6) is 0 Å². The van der Waals surface area contributed by atoms with E-state index in [9.17, 15) is 22.8 Å². The third kappa shape index (κ3) is 3.62. The Morgan fingerprint density at radius 2 is 1.59 bits per heavy atom. The lowest BCUT2D eigenvalue weighted by Gasteiger charge is -2.12. The predicted molar refractivity (Wildman–Crippen MR) is 104 cm³/mol. The van der Waals surface area contributed by atoms with E-state index in [0.29, 0.717) is 27.8 Å². The van der Waals surface area contributed by atoms with Gasteiger partial charge in [-0.2, -0.15) is 13.2 Å². The number of carbonyl (C=O) groups is 1. The highest BCUT2D eigenvalue weighted by Gasteiger charge is 2.38. The molecule has 0 aliphatic heterocycles. The summed E-state index contributed by atoms with van der Waals surface area (Å²) in [6.07, 6.45) is -3.42. The zero-order valence-corrected chi connectivity index (χ0v) is 14.7. The summed E-state index contributed by atoms with van der Waals surface area (Å²) in [5, 5.41) is 6.90. The average Bonchev–Trinajstić information content (AvgIpc) is 2.69. The van der Waals surface area contributed by atoms with Crippen LogP contribution in [0.3, 0.4) is 0 Å². The molecular formula is C20H13F3N4O2. The van der Waals surface area contributed by atoms with E-state index < -0.39 is 12.1 Å². The quantitative estimate of drug-likeness (QED) is 0.449. The molecule has 146 valence electrons. The summed E-state index contributed by atoms with van der Waals surface area (Å²) in [4.78, 5) is 30.2. The van der Waals surface area contributed by atoms with Gasteiger partial charge in [-0.25, -0.2) is 4.98 Å². The van der Waals surface area contributed by atoms with Crippen molar-refractivity contribution in [2.24, 2.45) is 0 Å². The van der Waals surface area contributed by atoms with Crippen molar-refractivity contribution < 1.29 is 18.0 Å². The van der Waals surface area contributed by atoms with Crippen molar-refractivity contribution >= 4 is 44.8 Å². The van der Waals surface area contributed by atoms with Crippen LogP contribution in [0, 0.1) is 0 Å². The Morgan fingerprint density at radius 3 is 2.28 bits per heavy atom. The number of amides is 1. The van der Waals surface area contributed by atoms with Gasteiger partial charge in [-0.05, 0) is 36.4 Å². The van der Waals surface area contributed by atoms with Crippen molar-refractivity contribution in [3.8, 4) is 0 Å². The minimum atomic E-state index is -4.95. The Kier molecular flexibility index (Phi) is 4.42. The van der Waals surface area contributed by atoms with Gasteiger partial charge >= 0.3 is 12.1 Å². The van der Waals surface area contributed by atoms with Crippen LogP contribution < -0.4 is 16.2 Å². The number of rotatable bonds is 3. The Balaban J connectivity index is 1.69. The fraction of sp³-hybridized carbons (Fsp3) is 0.0500. The number of pyridine rings is 2. The Hall–Kier alpha value is -3.88. The van der Waals surface area contributed by atoms with Crippen LogP contribution in [0.2, 0.25) is 0 Å². The number of aromatic nitrogens is 2. The molecule has 0 spiro atoms. The van der Waals surface area contributed by atoms with E-state index in [2.05, 4.69) is 15.3 Å². The molecule has 0 saturated heterocycles. The van der Waals surface area contributed by atoms with Crippen LogP contribution in [-0.4, -0.2) is 22.1 Å². The first-order valence-corrected chi connectivity index (χ1v) is 8.48. The third-order valence-electron chi connectivity index (χ3n) is 4.30. The summed E-state index contributed by atoms with van der Waals surface area (Å²) in [5.74, 6) is -2.03. The number of carbonyl (C=O) groups excluding carboxylic acids is 1. The second kappa shape index (κ2) is 6.93. The molecule has 0 fully saturated rings. The first kappa shape index (κ1) is 18.5. The maximum atomic E-state index is 12.4. The van der Waals surface area contributed by atoms with Gasteiger partial charge in [-0.3, -0.25) is 9.59 Å². The number of hydrogen-bond acceptors (Lipinski definition) is 4. The molecule has 2 aromatic heterocycles. The number of halogens is 3. The number of benzene rings is 2. The fourth-order valence-electron chi connectivity index (χ4n) is 3.00. The molecule has 29 heavy (non-hydrogen) atoms. The van der Waals surface area contributed by atoms with Crippen LogP contribution >= 0.6 is 0 Å². The molecule has 0 aliphatic rings. The van der Waals surface area contributed by atoms with Crippen molar-refractivity contribution in [3.63, 3.8) is 0 Å². The molecule has 6 nitrogen and oxygen atoms in total. The smallest absolute Gasteiger partial charge is 0.355 e. The number of fused-ring (bicyclic) bond motifs is 3. The zero-order chi connectivity index (χ0) is 20.6. The van der Waals surface area contributed by atoms with E-state index >= 15 is 0 Å². The molecule has 0 radical (unpaired) electrons. The number of nitrogens with zero attached hydrogens (tertiary/aromatic N) is 1. The monoisotopic (exact) mass is 398 g/mol. The van der Waals surface area contributed by atoms with Gasteiger partial charge in [0.2, 0.25) is 0 Å². The molecule has 0 aliphatic carbocycles. The molecule has 0 bridgehead atoms. The van der Waals surface area contributed by atoms with Crippen LogP contribution in [0.25, 0.3) is 21.8 Å². The first-order valence-electron chi connectivity index (χ1n) is 8.48. The average molecular weight is 398 g/mol. The van der Waals surface area contributed by atoms with Gasteiger partial charge in [0, 0.05) is 33.7 Å². The Labute approximate surface area is 161 Å². The normalized spacial score (nSPS) is 11.6. The number of anilines is 3. The van der Waals surface area contributed by atoms with Crippen molar-refractivity contribution in [3.05, 3.63) is 71.1 Å². The van der Waals surface area contributed by atoms with Gasteiger partial charge in [0.05, 0.1) is 5.69 Å². The number of nitrogens with one attached hydrogen (secondary N) is 3. The highest BCUT2D eigenvalue weighted by molar-refractivity contribution is 6.10. The number of alkyl halides is 3. The van der Waals surface area contributed by atoms with Crippen molar-refractivity contribution in [1.29, 1.82) is 0 Å². The molecule has 3 N–H and O–H groups in total. The molecule has 4 rings (SSSR count). The first-order chi connectivity index (χ1) is 13.8. The van der Waals surface area contributed by atoms with Gasteiger partial charge in [0.15, 0.2) is 0 Å². The minimum Gasteiger partial charge on any atom is -0.355 e. The number of H-pyrrole nitrogens is 1. The molecule has 0 atom stereocenters. The van der Waals surface area contributed by atoms with Crippen LogP contribution in [0.4, 0.5) is 30.2 Å². The topological polar surface area (TPSA) is 86.9 Å².